The van der Waals surface area contributed by atoms with Gasteiger partial charge in [0.15, 0.2) is 12.6 Å². The van der Waals surface area contributed by atoms with Crippen LogP contribution >= 0.6 is 0 Å². The van der Waals surface area contributed by atoms with Crippen LogP contribution in [0.1, 0.15) is 6.92 Å². The van der Waals surface area contributed by atoms with E-state index in [0.29, 0.717) is 0 Å². The van der Waals surface area contributed by atoms with Crippen molar-refractivity contribution < 1.29 is 54.4 Å². The van der Waals surface area contributed by atoms with Gasteiger partial charge in [0.05, 0.1) is 13.2 Å². The zero-order valence-electron chi connectivity index (χ0n) is 14.9. The van der Waals surface area contributed by atoms with Gasteiger partial charge < -0.3 is 54.9 Å². The SMILES string of the molecule is CO[C@@H]1OC(CO)[C@@H](O[C@@H]2OC(CO)[C@H](O)C(O)C2O)C(O)C1NC(C)=O. The molecule has 2 aliphatic rings. The molecule has 0 aromatic carbocycles. The van der Waals surface area contributed by atoms with Crippen LogP contribution in [0.4, 0.5) is 0 Å². The lowest BCUT2D eigenvalue weighted by atomic mass is 9.95. The number of hydrogen-bond donors (Lipinski definition) is 7. The predicted molar refractivity (Wildman–Crippen MR) is 85.0 cm³/mol. The molecule has 0 aliphatic carbocycles. The third kappa shape index (κ3) is 4.74. The predicted octanol–water partition coefficient (Wildman–Crippen LogP) is -4.60. The molecule has 2 saturated heterocycles. The number of aliphatic hydroxyl groups is 6. The van der Waals surface area contributed by atoms with Crippen molar-refractivity contribution in [3.63, 3.8) is 0 Å². The first-order valence-electron chi connectivity index (χ1n) is 8.45. The van der Waals surface area contributed by atoms with Crippen molar-refractivity contribution in [1.82, 2.24) is 5.32 Å². The van der Waals surface area contributed by atoms with Crippen LogP contribution in [0.15, 0.2) is 0 Å². The van der Waals surface area contributed by atoms with E-state index in [1.54, 1.807) is 0 Å². The Bertz CT molecular complexity index is 492. The highest BCUT2D eigenvalue weighted by Crippen LogP contribution is 2.29. The number of aliphatic hydroxyl groups excluding tert-OH is 6. The zero-order chi connectivity index (χ0) is 20.3. The molecule has 0 aromatic rings. The number of rotatable bonds is 6. The van der Waals surface area contributed by atoms with E-state index in [1.165, 1.54) is 14.0 Å². The van der Waals surface area contributed by atoms with E-state index in [0.717, 1.165) is 0 Å². The Morgan fingerprint density at radius 1 is 0.926 bits per heavy atom. The Kier molecular flexibility index (Phi) is 7.88. The summed E-state index contributed by atoms with van der Waals surface area (Å²) in [5.74, 6) is -0.473. The van der Waals surface area contributed by atoms with Crippen molar-refractivity contribution in [1.29, 1.82) is 0 Å². The molecule has 2 heterocycles. The maximum absolute atomic E-state index is 11.4. The minimum atomic E-state index is -1.70. The van der Waals surface area contributed by atoms with Gasteiger partial charge in [-0.25, -0.2) is 0 Å². The molecule has 2 fully saturated rings. The van der Waals surface area contributed by atoms with Crippen molar-refractivity contribution in [2.45, 2.75) is 68.3 Å². The topological polar surface area (TPSA) is 187 Å². The number of hydrogen-bond acceptors (Lipinski definition) is 11. The molecule has 0 bridgehead atoms. The van der Waals surface area contributed by atoms with Crippen LogP contribution in [-0.4, -0.2) is 118 Å². The molecule has 7 N–H and O–H groups in total. The molecule has 6 unspecified atom stereocenters. The molecule has 2 aliphatic heterocycles. The number of amides is 1. The van der Waals surface area contributed by atoms with E-state index in [9.17, 15) is 35.4 Å². The fourth-order valence-electron chi connectivity index (χ4n) is 3.16. The van der Waals surface area contributed by atoms with Gasteiger partial charge in [0.2, 0.25) is 5.91 Å². The first kappa shape index (κ1) is 22.4. The molecule has 10 atom stereocenters. The van der Waals surface area contributed by atoms with Gasteiger partial charge in [0, 0.05) is 14.0 Å². The summed E-state index contributed by atoms with van der Waals surface area (Å²) in [6.07, 6.45) is -12.6. The quantitative estimate of drug-likeness (QED) is 0.228. The minimum absolute atomic E-state index is 0.473. The molecule has 12 heteroatoms. The van der Waals surface area contributed by atoms with Crippen molar-refractivity contribution in [2.24, 2.45) is 0 Å². The van der Waals surface area contributed by atoms with Gasteiger partial charge in [-0.3, -0.25) is 4.79 Å². The Morgan fingerprint density at radius 3 is 2.04 bits per heavy atom. The lowest BCUT2D eigenvalue weighted by Crippen LogP contribution is -2.67. The summed E-state index contributed by atoms with van der Waals surface area (Å²) < 4.78 is 21.3. The minimum Gasteiger partial charge on any atom is -0.394 e. The van der Waals surface area contributed by atoms with Crippen LogP contribution in [-0.2, 0) is 23.7 Å². The van der Waals surface area contributed by atoms with Gasteiger partial charge in [0.1, 0.15) is 48.8 Å². The van der Waals surface area contributed by atoms with Crippen molar-refractivity contribution >= 4 is 5.91 Å². The highest BCUT2D eigenvalue weighted by atomic mass is 16.7. The van der Waals surface area contributed by atoms with E-state index in [1.807, 2.05) is 0 Å². The summed E-state index contributed by atoms with van der Waals surface area (Å²) >= 11 is 0. The first-order chi connectivity index (χ1) is 12.7. The number of nitrogens with one attached hydrogen (secondary N) is 1. The van der Waals surface area contributed by atoms with Crippen molar-refractivity contribution in [3.05, 3.63) is 0 Å². The molecule has 0 saturated carbocycles. The Balaban J connectivity index is 2.19. The summed E-state index contributed by atoms with van der Waals surface area (Å²) in [5, 5.41) is 61.6. The summed E-state index contributed by atoms with van der Waals surface area (Å²) in [7, 11) is 1.29. The van der Waals surface area contributed by atoms with E-state index >= 15 is 0 Å². The van der Waals surface area contributed by atoms with E-state index < -0.39 is 80.5 Å². The van der Waals surface area contributed by atoms with E-state index in [2.05, 4.69) is 5.32 Å². The fraction of sp³-hybridized carbons (Fsp3) is 0.933. The standard InChI is InChI=1S/C15H27NO11/c1-5(19)16-8-10(21)13(7(4-18)26-14(8)24-2)27-15-12(23)11(22)9(20)6(3-17)25-15/h6-15,17-18,20-23H,3-4H2,1-2H3,(H,16,19)/t6?,7?,8?,9-,10?,11?,12?,13+,14+,15-/m0/s1. The van der Waals surface area contributed by atoms with Crippen LogP contribution in [0.2, 0.25) is 0 Å². The van der Waals surface area contributed by atoms with Crippen LogP contribution in [0.3, 0.4) is 0 Å². The average molecular weight is 397 g/mol. The maximum atomic E-state index is 11.4. The maximum Gasteiger partial charge on any atom is 0.217 e. The number of carbonyl (C=O) groups is 1. The lowest BCUT2D eigenvalue weighted by molar-refractivity contribution is -0.346. The molecule has 1 amide bonds. The van der Waals surface area contributed by atoms with Crippen LogP contribution < -0.4 is 5.32 Å². The molecule has 0 spiro atoms. The lowest BCUT2D eigenvalue weighted by Gasteiger charge is -2.46. The van der Waals surface area contributed by atoms with Crippen LogP contribution in [0.25, 0.3) is 0 Å². The molecule has 158 valence electrons. The van der Waals surface area contributed by atoms with Crippen molar-refractivity contribution in [2.75, 3.05) is 20.3 Å². The Labute approximate surface area is 155 Å². The van der Waals surface area contributed by atoms with Gasteiger partial charge in [0.25, 0.3) is 0 Å². The number of methoxy groups -OCH3 is 1. The fourth-order valence-corrected chi connectivity index (χ4v) is 3.16. The summed E-state index contributed by atoms with van der Waals surface area (Å²) in [4.78, 5) is 11.4. The molecule has 27 heavy (non-hydrogen) atoms. The largest absolute Gasteiger partial charge is 0.394 e. The number of carbonyl (C=O) groups excluding carboxylic acids is 1. The van der Waals surface area contributed by atoms with Crippen LogP contribution in [0, 0.1) is 0 Å². The molecule has 12 nitrogen and oxygen atoms in total. The second-order valence-electron chi connectivity index (χ2n) is 6.48. The Hall–Kier alpha value is -0.930. The monoisotopic (exact) mass is 397 g/mol. The molecule has 0 aromatic heterocycles. The third-order valence-electron chi connectivity index (χ3n) is 4.59. The van der Waals surface area contributed by atoms with E-state index in [4.69, 9.17) is 18.9 Å². The summed E-state index contributed by atoms with van der Waals surface area (Å²) in [6.45, 7) is -0.0188. The molecular formula is C15H27NO11. The Morgan fingerprint density at radius 2 is 1.52 bits per heavy atom. The highest BCUT2D eigenvalue weighted by Gasteiger charge is 2.51. The molecule has 2 rings (SSSR count). The van der Waals surface area contributed by atoms with E-state index in [-0.39, 0.29) is 0 Å². The molecular weight excluding hydrogens is 370 g/mol. The van der Waals surface area contributed by atoms with Gasteiger partial charge in [-0.15, -0.1) is 0 Å². The number of ether oxygens (including phenoxy) is 4. The van der Waals surface area contributed by atoms with Gasteiger partial charge in [-0.2, -0.15) is 0 Å². The normalized spacial score (nSPS) is 45.5. The highest BCUT2D eigenvalue weighted by molar-refractivity contribution is 5.73. The van der Waals surface area contributed by atoms with Gasteiger partial charge >= 0.3 is 0 Å². The third-order valence-corrected chi connectivity index (χ3v) is 4.59. The second-order valence-corrected chi connectivity index (χ2v) is 6.48. The first-order valence-corrected chi connectivity index (χ1v) is 8.45. The average Bonchev–Trinajstić information content (AvgIpc) is 2.64. The van der Waals surface area contributed by atoms with Crippen molar-refractivity contribution in [3.8, 4) is 0 Å². The molecule has 0 radical (unpaired) electrons. The van der Waals surface area contributed by atoms with Gasteiger partial charge in [-0.05, 0) is 0 Å². The van der Waals surface area contributed by atoms with Crippen LogP contribution in [0.5, 0.6) is 0 Å². The summed E-state index contributed by atoms with van der Waals surface area (Å²) in [5.41, 5.74) is 0. The zero-order valence-corrected chi connectivity index (χ0v) is 14.9. The smallest absolute Gasteiger partial charge is 0.217 e. The second kappa shape index (κ2) is 9.52. The van der Waals surface area contributed by atoms with Gasteiger partial charge in [-0.1, -0.05) is 0 Å². The summed E-state index contributed by atoms with van der Waals surface area (Å²) in [6, 6.07) is -1.05.